The number of halogens is 1. The molecule has 0 saturated carbocycles. The number of imidazole rings is 1. The maximum Gasteiger partial charge on any atom is 0.249 e. The fraction of sp³-hybridized carbons (Fsp3) is 0.250. The van der Waals surface area contributed by atoms with Gasteiger partial charge in [-0.1, -0.05) is 0 Å². The highest BCUT2D eigenvalue weighted by atomic mass is 35.5. The van der Waals surface area contributed by atoms with Gasteiger partial charge in [0.1, 0.15) is 6.04 Å². The summed E-state index contributed by atoms with van der Waals surface area (Å²) in [6, 6.07) is 4.99. The zero-order valence-corrected chi connectivity index (χ0v) is 10.8. The molecule has 3 N–H and O–H groups in total. The molecule has 1 aromatic carbocycles. The topological polar surface area (TPSA) is 90.0 Å². The number of carbonyl (C=O) groups is 2. The van der Waals surface area contributed by atoms with Gasteiger partial charge in [0, 0.05) is 12.1 Å². The lowest BCUT2D eigenvalue weighted by Gasteiger charge is -2.22. The number of imide groups is 1. The van der Waals surface area contributed by atoms with Gasteiger partial charge >= 0.3 is 0 Å². The van der Waals surface area contributed by atoms with Crippen LogP contribution in [0.1, 0.15) is 18.9 Å². The number of fused-ring (bicyclic) bond motifs is 1. The Kier molecular flexibility index (Phi) is 3.44. The fourth-order valence-electron chi connectivity index (χ4n) is 2.24. The average Bonchev–Trinajstić information content (AvgIpc) is 2.72. The number of nitrogen functional groups attached to an aromatic ring is 1. The van der Waals surface area contributed by atoms with E-state index < -0.39 is 0 Å². The number of nitrogens with zero attached hydrogens (tertiary/aromatic N) is 2. The number of piperidine rings is 1. The Balaban J connectivity index is 0.00000133. The molecule has 2 amide bonds. The van der Waals surface area contributed by atoms with E-state index in [1.54, 1.807) is 23.0 Å². The summed E-state index contributed by atoms with van der Waals surface area (Å²) in [4.78, 5) is 27.2. The van der Waals surface area contributed by atoms with Crippen LogP contribution in [0.2, 0.25) is 0 Å². The molecule has 0 radical (unpaired) electrons. The Morgan fingerprint density at radius 3 is 2.89 bits per heavy atom. The number of benzene rings is 1. The van der Waals surface area contributed by atoms with Gasteiger partial charge in [-0.15, -0.1) is 12.4 Å². The second-order valence-corrected chi connectivity index (χ2v) is 4.37. The van der Waals surface area contributed by atoms with Crippen molar-refractivity contribution in [3.05, 3.63) is 24.5 Å². The molecule has 2 aromatic rings. The molecule has 1 aliphatic heterocycles. The van der Waals surface area contributed by atoms with Crippen molar-refractivity contribution in [1.29, 1.82) is 0 Å². The number of anilines is 1. The van der Waals surface area contributed by atoms with E-state index in [1.807, 2.05) is 6.07 Å². The van der Waals surface area contributed by atoms with Crippen LogP contribution in [0.25, 0.3) is 11.0 Å². The van der Waals surface area contributed by atoms with Crippen LogP contribution < -0.4 is 11.1 Å². The summed E-state index contributed by atoms with van der Waals surface area (Å²) in [7, 11) is 0. The summed E-state index contributed by atoms with van der Waals surface area (Å²) in [5.74, 6) is -0.493. The van der Waals surface area contributed by atoms with Crippen molar-refractivity contribution in [3.63, 3.8) is 0 Å². The first kappa shape index (κ1) is 13.4. The highest BCUT2D eigenvalue weighted by Crippen LogP contribution is 2.24. The fourth-order valence-corrected chi connectivity index (χ4v) is 2.24. The number of hydrogen-bond donors (Lipinski definition) is 2. The predicted molar refractivity (Wildman–Crippen MR) is 72.8 cm³/mol. The Hall–Kier alpha value is -2.08. The van der Waals surface area contributed by atoms with Crippen LogP contribution in [0, 0.1) is 0 Å². The van der Waals surface area contributed by atoms with E-state index in [2.05, 4.69) is 10.3 Å². The molecular weight excluding hydrogens is 268 g/mol. The van der Waals surface area contributed by atoms with Gasteiger partial charge in [-0.3, -0.25) is 14.9 Å². The lowest BCUT2D eigenvalue weighted by molar-refractivity contribution is -0.135. The standard InChI is InChI=1S/C12H12N4O2.ClH/c13-7-1-2-9-8(5-7)14-6-16(9)10-3-4-11(17)15-12(10)18;/h1-2,5-6,10H,3-4,13H2,(H,15,17,18);1H. The van der Waals surface area contributed by atoms with Crippen molar-refractivity contribution < 1.29 is 9.59 Å². The molecule has 7 heteroatoms. The van der Waals surface area contributed by atoms with Gasteiger partial charge in [0.2, 0.25) is 11.8 Å². The van der Waals surface area contributed by atoms with E-state index in [4.69, 9.17) is 5.73 Å². The van der Waals surface area contributed by atoms with Gasteiger partial charge < -0.3 is 10.3 Å². The van der Waals surface area contributed by atoms with Crippen molar-refractivity contribution in [3.8, 4) is 0 Å². The first-order valence-electron chi connectivity index (χ1n) is 5.71. The third-order valence-electron chi connectivity index (χ3n) is 3.14. The van der Waals surface area contributed by atoms with Gasteiger partial charge in [0.05, 0.1) is 17.4 Å². The quantitative estimate of drug-likeness (QED) is 0.603. The summed E-state index contributed by atoms with van der Waals surface area (Å²) >= 11 is 0. The average molecular weight is 281 g/mol. The molecule has 0 bridgehead atoms. The van der Waals surface area contributed by atoms with E-state index in [9.17, 15) is 9.59 Å². The van der Waals surface area contributed by atoms with E-state index in [0.717, 1.165) is 11.0 Å². The van der Waals surface area contributed by atoms with Crippen molar-refractivity contribution in [2.75, 3.05) is 5.73 Å². The monoisotopic (exact) mass is 280 g/mol. The molecule has 1 aliphatic rings. The molecule has 1 saturated heterocycles. The predicted octanol–water partition coefficient (Wildman–Crippen LogP) is 1.02. The normalized spacial score (nSPS) is 19.1. The number of hydrogen-bond acceptors (Lipinski definition) is 4. The largest absolute Gasteiger partial charge is 0.399 e. The zero-order valence-electron chi connectivity index (χ0n) is 10.00. The molecule has 2 heterocycles. The van der Waals surface area contributed by atoms with E-state index in [1.165, 1.54) is 0 Å². The summed E-state index contributed by atoms with van der Waals surface area (Å²) in [6.07, 6.45) is 2.47. The van der Waals surface area contributed by atoms with Crippen LogP contribution in [-0.2, 0) is 9.59 Å². The number of nitrogens with one attached hydrogen (secondary N) is 1. The smallest absolute Gasteiger partial charge is 0.249 e. The SMILES string of the molecule is Cl.Nc1ccc2c(c1)ncn2C1CCC(=O)NC1=O. The van der Waals surface area contributed by atoms with Crippen LogP contribution in [0.5, 0.6) is 0 Å². The first-order chi connectivity index (χ1) is 8.65. The first-order valence-corrected chi connectivity index (χ1v) is 5.71. The van der Waals surface area contributed by atoms with Gasteiger partial charge in [0.15, 0.2) is 0 Å². The number of nitrogens with two attached hydrogens (primary N) is 1. The van der Waals surface area contributed by atoms with Crippen LogP contribution in [0.3, 0.4) is 0 Å². The van der Waals surface area contributed by atoms with Crippen LogP contribution >= 0.6 is 12.4 Å². The minimum atomic E-state index is -0.378. The molecular formula is C12H13ClN4O2. The number of aromatic nitrogens is 2. The second-order valence-electron chi connectivity index (χ2n) is 4.37. The summed E-state index contributed by atoms with van der Waals surface area (Å²) in [6.45, 7) is 0. The molecule has 0 spiro atoms. The number of carbonyl (C=O) groups excluding carboxylic acids is 2. The Labute approximate surface area is 115 Å². The molecule has 19 heavy (non-hydrogen) atoms. The van der Waals surface area contributed by atoms with Gasteiger partial charge in [-0.05, 0) is 24.6 Å². The van der Waals surface area contributed by atoms with Crippen LogP contribution in [0.15, 0.2) is 24.5 Å². The minimum Gasteiger partial charge on any atom is -0.399 e. The zero-order chi connectivity index (χ0) is 12.7. The molecule has 1 atom stereocenters. The van der Waals surface area contributed by atoms with Gasteiger partial charge in [-0.25, -0.2) is 4.98 Å². The third kappa shape index (κ3) is 2.26. The van der Waals surface area contributed by atoms with Crippen LogP contribution in [0.4, 0.5) is 5.69 Å². The lowest BCUT2D eigenvalue weighted by Crippen LogP contribution is -2.41. The summed E-state index contributed by atoms with van der Waals surface area (Å²) < 4.78 is 1.79. The second kappa shape index (κ2) is 4.89. The summed E-state index contributed by atoms with van der Waals surface area (Å²) in [5, 5.41) is 2.34. The highest BCUT2D eigenvalue weighted by Gasteiger charge is 2.28. The summed E-state index contributed by atoms with van der Waals surface area (Å²) in [5.41, 5.74) is 7.91. The maximum atomic E-state index is 11.8. The van der Waals surface area contributed by atoms with Crippen molar-refractivity contribution >= 4 is 40.9 Å². The molecule has 100 valence electrons. The molecule has 1 unspecified atom stereocenters. The van der Waals surface area contributed by atoms with Crippen molar-refractivity contribution in [2.24, 2.45) is 0 Å². The maximum absolute atomic E-state index is 11.8. The third-order valence-corrected chi connectivity index (χ3v) is 3.14. The molecule has 3 rings (SSSR count). The lowest BCUT2D eigenvalue weighted by atomic mass is 10.1. The Bertz CT molecular complexity index is 652. The Morgan fingerprint density at radius 1 is 1.37 bits per heavy atom. The van der Waals surface area contributed by atoms with E-state index in [0.29, 0.717) is 18.5 Å². The molecule has 1 fully saturated rings. The van der Waals surface area contributed by atoms with E-state index >= 15 is 0 Å². The highest BCUT2D eigenvalue weighted by molar-refractivity contribution is 6.00. The van der Waals surface area contributed by atoms with Gasteiger partial charge in [-0.2, -0.15) is 0 Å². The number of amides is 2. The van der Waals surface area contributed by atoms with Crippen LogP contribution in [-0.4, -0.2) is 21.4 Å². The Morgan fingerprint density at radius 2 is 2.16 bits per heavy atom. The van der Waals surface area contributed by atoms with Gasteiger partial charge in [0.25, 0.3) is 0 Å². The van der Waals surface area contributed by atoms with Crippen molar-refractivity contribution in [2.45, 2.75) is 18.9 Å². The molecule has 6 nitrogen and oxygen atoms in total. The number of rotatable bonds is 1. The minimum absolute atomic E-state index is 0. The van der Waals surface area contributed by atoms with Crippen molar-refractivity contribution in [1.82, 2.24) is 14.9 Å². The van der Waals surface area contributed by atoms with E-state index in [-0.39, 0.29) is 30.3 Å². The molecule has 1 aromatic heterocycles. The molecule has 0 aliphatic carbocycles.